The number of amides is 1. The zero-order valence-corrected chi connectivity index (χ0v) is 20.2. The van der Waals surface area contributed by atoms with Gasteiger partial charge in [0.15, 0.2) is 5.72 Å². The first-order chi connectivity index (χ1) is 17.1. The molecular weight excluding hydrogens is 440 g/mol. The number of benzene rings is 1. The highest BCUT2D eigenvalue weighted by atomic mass is 16.6. The van der Waals surface area contributed by atoms with Crippen molar-refractivity contribution in [3.8, 4) is 0 Å². The summed E-state index contributed by atoms with van der Waals surface area (Å²) >= 11 is 0. The lowest BCUT2D eigenvalue weighted by atomic mass is 9.82. The molecule has 0 saturated carbocycles. The molecule has 2 bridgehead atoms. The third-order valence-electron chi connectivity index (χ3n) is 9.42. The molecule has 0 unspecified atom stereocenters. The quantitative estimate of drug-likeness (QED) is 0.693. The molecule has 7 nitrogen and oxygen atoms in total. The molecule has 1 amide bonds. The summed E-state index contributed by atoms with van der Waals surface area (Å²) in [7, 11) is 3.82. The number of fused-ring (bicyclic) bond motifs is 13. The first-order valence-electron chi connectivity index (χ1n) is 12.7. The highest BCUT2D eigenvalue weighted by Gasteiger charge is 2.63. The van der Waals surface area contributed by atoms with Gasteiger partial charge in [0.05, 0.1) is 29.0 Å². The van der Waals surface area contributed by atoms with Crippen LogP contribution in [0.1, 0.15) is 52.2 Å². The van der Waals surface area contributed by atoms with E-state index in [9.17, 15) is 4.79 Å². The molecule has 1 aromatic rings. The lowest BCUT2D eigenvalue weighted by Gasteiger charge is -2.54. The average Bonchev–Trinajstić information content (AvgIpc) is 3.51. The maximum absolute atomic E-state index is 13.4. The molecule has 35 heavy (non-hydrogen) atoms. The van der Waals surface area contributed by atoms with Gasteiger partial charge in [0.25, 0.3) is 5.91 Å². The van der Waals surface area contributed by atoms with E-state index in [2.05, 4.69) is 76.0 Å². The van der Waals surface area contributed by atoms with Gasteiger partial charge in [-0.1, -0.05) is 48.6 Å². The van der Waals surface area contributed by atoms with E-state index in [1.807, 2.05) is 7.05 Å². The second kappa shape index (κ2) is 6.66. The Morgan fingerprint density at radius 2 is 1.77 bits per heavy atom. The first kappa shape index (κ1) is 20.3. The Hall–Kier alpha value is -2.87. The molecule has 1 aromatic carbocycles. The van der Waals surface area contributed by atoms with Gasteiger partial charge in [-0.3, -0.25) is 4.79 Å². The van der Waals surface area contributed by atoms with Crippen LogP contribution < -0.4 is 20.4 Å². The molecule has 0 spiro atoms. The maximum Gasteiger partial charge on any atom is 0.252 e. The van der Waals surface area contributed by atoms with Crippen molar-refractivity contribution in [2.75, 3.05) is 24.0 Å². The van der Waals surface area contributed by atoms with Gasteiger partial charge >= 0.3 is 0 Å². The van der Waals surface area contributed by atoms with Crippen LogP contribution in [0.2, 0.25) is 0 Å². The molecule has 1 saturated heterocycles. The molecule has 180 valence electrons. The molecule has 1 fully saturated rings. The van der Waals surface area contributed by atoms with Gasteiger partial charge in [0.2, 0.25) is 0 Å². The number of nitrogens with zero attached hydrogens (tertiary/aromatic N) is 2. The second-order valence-corrected chi connectivity index (χ2v) is 10.8. The Labute approximate surface area is 205 Å². The number of carbonyl (C=O) groups excluding carboxylic acids is 1. The summed E-state index contributed by atoms with van der Waals surface area (Å²) in [5.41, 5.74) is 6.28. The number of hydrogen-bond acceptors (Lipinski definition) is 6. The zero-order valence-electron chi connectivity index (χ0n) is 20.2. The fourth-order valence-electron chi connectivity index (χ4n) is 8.21. The number of likely N-dealkylation sites (N-methyl/N-ethyl adjacent to an activating group) is 1. The molecule has 5 heterocycles. The van der Waals surface area contributed by atoms with Crippen molar-refractivity contribution >= 4 is 17.3 Å². The van der Waals surface area contributed by atoms with Crippen molar-refractivity contribution in [3.05, 3.63) is 70.9 Å². The predicted molar refractivity (Wildman–Crippen MR) is 134 cm³/mol. The minimum Gasteiger partial charge on any atom is -0.375 e. The molecule has 7 aliphatic rings. The van der Waals surface area contributed by atoms with Gasteiger partial charge in [-0.25, -0.2) is 0 Å². The fraction of sp³-hybridized carbons (Fsp3) is 0.464. The van der Waals surface area contributed by atoms with E-state index in [4.69, 9.17) is 9.47 Å². The van der Waals surface area contributed by atoms with Crippen LogP contribution in [0.3, 0.4) is 0 Å². The summed E-state index contributed by atoms with van der Waals surface area (Å²) in [6.07, 6.45) is 18.2. The minimum absolute atomic E-state index is 0.0603. The lowest BCUT2D eigenvalue weighted by Crippen LogP contribution is -2.70. The van der Waals surface area contributed by atoms with Crippen LogP contribution in [0.5, 0.6) is 0 Å². The van der Waals surface area contributed by atoms with Crippen molar-refractivity contribution in [1.29, 1.82) is 0 Å². The van der Waals surface area contributed by atoms with Crippen LogP contribution in [0.4, 0.5) is 11.4 Å². The van der Waals surface area contributed by atoms with Gasteiger partial charge in [-0.15, -0.1) is 0 Å². The summed E-state index contributed by atoms with van der Waals surface area (Å²) in [6.45, 7) is 2.79. The van der Waals surface area contributed by atoms with Crippen LogP contribution in [0.25, 0.3) is 0 Å². The number of rotatable bonds is 2. The Balaban J connectivity index is 1.51. The molecule has 0 aromatic heterocycles. The molecule has 2 aliphatic carbocycles. The van der Waals surface area contributed by atoms with Crippen molar-refractivity contribution in [2.24, 2.45) is 0 Å². The number of anilines is 2. The summed E-state index contributed by atoms with van der Waals surface area (Å²) in [5, 5.41) is 6.72. The zero-order chi connectivity index (χ0) is 23.6. The Morgan fingerprint density at radius 3 is 2.51 bits per heavy atom. The third-order valence-corrected chi connectivity index (χ3v) is 9.42. The van der Waals surface area contributed by atoms with Gasteiger partial charge < -0.3 is 29.9 Å². The molecule has 0 radical (unpaired) electrons. The minimum atomic E-state index is -0.679. The molecule has 7 heteroatoms. The van der Waals surface area contributed by atoms with Crippen LogP contribution >= 0.6 is 0 Å². The van der Waals surface area contributed by atoms with E-state index in [1.165, 1.54) is 28.1 Å². The van der Waals surface area contributed by atoms with Crippen molar-refractivity contribution in [1.82, 2.24) is 10.6 Å². The first-order valence-corrected chi connectivity index (χ1v) is 12.7. The Kier molecular flexibility index (Phi) is 3.87. The van der Waals surface area contributed by atoms with Crippen LogP contribution in [-0.2, 0) is 16.0 Å². The third kappa shape index (κ3) is 2.22. The van der Waals surface area contributed by atoms with E-state index in [1.54, 1.807) is 7.11 Å². The molecule has 2 N–H and O–H groups in total. The number of methoxy groups -OCH3 is 1. The smallest absolute Gasteiger partial charge is 0.252 e. The van der Waals surface area contributed by atoms with Crippen molar-refractivity contribution in [2.45, 2.75) is 67.9 Å². The molecule has 8 rings (SSSR count). The predicted octanol–water partition coefficient (Wildman–Crippen LogP) is 2.81. The van der Waals surface area contributed by atoms with E-state index in [0.717, 1.165) is 12.0 Å². The largest absolute Gasteiger partial charge is 0.375 e. The number of nitrogens with one attached hydrogen (secondary N) is 2. The molecule has 5 aliphatic heterocycles. The highest BCUT2D eigenvalue weighted by Crippen LogP contribution is 2.64. The van der Waals surface area contributed by atoms with Crippen LogP contribution in [0.15, 0.2) is 48.6 Å². The monoisotopic (exact) mass is 470 g/mol. The van der Waals surface area contributed by atoms with Crippen LogP contribution in [-0.4, -0.2) is 56.2 Å². The van der Waals surface area contributed by atoms with Crippen LogP contribution in [0, 0.1) is 0 Å². The Morgan fingerprint density at radius 1 is 1.06 bits per heavy atom. The lowest BCUT2D eigenvalue weighted by molar-refractivity contribution is -0.199. The summed E-state index contributed by atoms with van der Waals surface area (Å²) in [5.74, 6) is 0.363. The van der Waals surface area contributed by atoms with Crippen molar-refractivity contribution in [3.63, 3.8) is 0 Å². The standard InChI is InChI=1S/C28H30N4O3/c1-28-26(34-3)17(29-2)12-20(35-28)31-18-10-6-4-8-14(18)22-23-16(13-30-27(23)33)21-15-9-5-7-11-19(15)32(28)25(21)24(22)31/h4-11,14-15,17-20,26,29H,12-13H2,1-3H3,(H,30,33)/t14-,15+,17-,18-,19+,20-,26-,28+/m1/s1. The van der Waals surface area contributed by atoms with E-state index < -0.39 is 5.72 Å². The summed E-state index contributed by atoms with van der Waals surface area (Å²) in [4.78, 5) is 18.4. The maximum atomic E-state index is 13.4. The number of ether oxygens (including phenoxy) is 2. The van der Waals surface area contributed by atoms with Gasteiger partial charge in [0.1, 0.15) is 12.3 Å². The molecular formula is C28H30N4O3. The molecule has 8 atom stereocenters. The normalized spacial score (nSPS) is 40.4. The van der Waals surface area contributed by atoms with Gasteiger partial charge in [-0.2, -0.15) is 0 Å². The van der Waals surface area contributed by atoms with Crippen molar-refractivity contribution < 1.29 is 14.3 Å². The summed E-state index contributed by atoms with van der Waals surface area (Å²) in [6, 6.07) is 0.358. The van der Waals surface area contributed by atoms with E-state index >= 15 is 0 Å². The number of allylic oxidation sites excluding steroid dienone is 4. The van der Waals surface area contributed by atoms with E-state index in [0.29, 0.717) is 6.54 Å². The second-order valence-electron chi connectivity index (χ2n) is 10.8. The van der Waals surface area contributed by atoms with E-state index in [-0.39, 0.29) is 48.2 Å². The highest BCUT2D eigenvalue weighted by molar-refractivity contribution is 6.06. The van der Waals surface area contributed by atoms with Gasteiger partial charge in [0, 0.05) is 43.5 Å². The van der Waals surface area contributed by atoms with Gasteiger partial charge in [-0.05, 0) is 25.1 Å². The SMILES string of the molecule is CN[C@@H]1C[C@H]2O[C@@](C)([C@@H]1OC)N1c3c(c4c(c5c3N2[C@@H]2C=CC=C[C@@H]52)C(=O)NC4)[C@H]2C=CC=C[C@@H]21. The fourth-order valence-corrected chi connectivity index (χ4v) is 8.21. The number of carbonyl (C=O) groups is 1. The average molecular weight is 471 g/mol. The Bertz CT molecular complexity index is 1300. The number of hydrogen-bond donors (Lipinski definition) is 2. The topological polar surface area (TPSA) is 66.1 Å². The summed E-state index contributed by atoms with van der Waals surface area (Å²) < 4.78 is 13.4.